The summed E-state index contributed by atoms with van der Waals surface area (Å²) in [5.74, 6) is -0.515. The van der Waals surface area contributed by atoms with Gasteiger partial charge in [-0.2, -0.15) is 0 Å². The third-order valence-corrected chi connectivity index (χ3v) is 4.93. The molecule has 5 nitrogen and oxygen atoms in total. The second-order valence-electron chi connectivity index (χ2n) is 6.04. The minimum absolute atomic E-state index is 0.0223. The Labute approximate surface area is 123 Å². The highest BCUT2D eigenvalue weighted by atomic mass is 28.4. The van der Waals surface area contributed by atoms with E-state index in [4.69, 9.17) is 18.0 Å². The summed E-state index contributed by atoms with van der Waals surface area (Å²) in [7, 11) is -3.13. The Morgan fingerprint density at radius 2 is 1.60 bits per heavy atom. The Morgan fingerprint density at radius 3 is 1.90 bits per heavy atom. The standard InChI is InChI=1S/C14H28O5Si/c1-9-13(15)16-10-20(17-11(2)3,18-12(4)5)19-14(6,7)8/h9,11-12H,1,10H2,2-8H3. The first kappa shape index (κ1) is 19.3. The van der Waals surface area contributed by atoms with Gasteiger partial charge in [-0.1, -0.05) is 6.58 Å². The van der Waals surface area contributed by atoms with Crippen molar-refractivity contribution in [3.63, 3.8) is 0 Å². The molecule has 0 saturated heterocycles. The van der Waals surface area contributed by atoms with Gasteiger partial charge in [0.25, 0.3) is 0 Å². The number of hydrogen-bond donors (Lipinski definition) is 0. The maximum absolute atomic E-state index is 11.3. The Balaban J connectivity index is 5.17. The van der Waals surface area contributed by atoms with Crippen LogP contribution in [-0.2, 0) is 22.8 Å². The largest absolute Gasteiger partial charge is 0.541 e. The van der Waals surface area contributed by atoms with Crippen molar-refractivity contribution < 1.29 is 22.8 Å². The van der Waals surface area contributed by atoms with Crippen molar-refractivity contribution in [3.8, 4) is 0 Å². The molecule has 6 heteroatoms. The molecule has 0 amide bonds. The van der Waals surface area contributed by atoms with Crippen molar-refractivity contribution in [1.29, 1.82) is 0 Å². The van der Waals surface area contributed by atoms with Gasteiger partial charge in [0.15, 0.2) is 6.23 Å². The molecule has 0 rings (SSSR count). The Morgan fingerprint density at radius 1 is 1.15 bits per heavy atom. The second-order valence-corrected chi connectivity index (χ2v) is 8.37. The van der Waals surface area contributed by atoms with Crippen LogP contribution in [0.3, 0.4) is 0 Å². The summed E-state index contributed by atoms with van der Waals surface area (Å²) in [5.41, 5.74) is -0.462. The summed E-state index contributed by atoms with van der Waals surface area (Å²) in [5, 5.41) is 0. The molecular formula is C14H28O5Si. The van der Waals surface area contributed by atoms with Gasteiger partial charge in [-0.25, -0.2) is 4.79 Å². The van der Waals surface area contributed by atoms with Gasteiger partial charge in [-0.3, -0.25) is 0 Å². The number of ether oxygens (including phenoxy) is 1. The summed E-state index contributed by atoms with van der Waals surface area (Å²) in [6, 6.07) is 0. The Hall–Kier alpha value is -0.693. The number of esters is 1. The quantitative estimate of drug-likeness (QED) is 0.392. The van der Waals surface area contributed by atoms with Gasteiger partial charge in [0, 0.05) is 18.3 Å². The summed E-state index contributed by atoms with van der Waals surface area (Å²) >= 11 is 0. The molecule has 0 radical (unpaired) electrons. The highest BCUT2D eigenvalue weighted by Crippen LogP contribution is 2.23. The Bertz CT molecular complexity index is 310. The number of hydrogen-bond acceptors (Lipinski definition) is 5. The first-order valence-corrected chi connectivity index (χ1v) is 8.78. The van der Waals surface area contributed by atoms with Crippen LogP contribution < -0.4 is 0 Å². The minimum atomic E-state index is -3.13. The van der Waals surface area contributed by atoms with Gasteiger partial charge in [-0.15, -0.1) is 0 Å². The zero-order valence-corrected chi connectivity index (χ0v) is 14.7. The van der Waals surface area contributed by atoms with E-state index in [0.717, 1.165) is 6.08 Å². The molecule has 0 N–H and O–H groups in total. The van der Waals surface area contributed by atoms with Gasteiger partial charge < -0.3 is 18.0 Å². The molecule has 0 aliphatic rings. The van der Waals surface area contributed by atoms with Crippen LogP contribution in [0.5, 0.6) is 0 Å². The fourth-order valence-corrected chi connectivity index (χ4v) is 4.61. The summed E-state index contributed by atoms with van der Waals surface area (Å²) in [6.45, 7) is 16.7. The molecule has 0 unspecified atom stereocenters. The molecule has 0 aromatic carbocycles. The molecule has 0 bridgehead atoms. The number of carbonyl (C=O) groups excluding carboxylic acids is 1. The predicted octanol–water partition coefficient (Wildman–Crippen LogP) is 2.86. The molecule has 0 fully saturated rings. The number of rotatable bonds is 8. The number of carbonyl (C=O) groups is 1. The van der Waals surface area contributed by atoms with Crippen molar-refractivity contribution in [2.45, 2.75) is 66.3 Å². The smallest absolute Gasteiger partial charge is 0.458 e. The van der Waals surface area contributed by atoms with Gasteiger partial charge in [-0.05, 0) is 48.5 Å². The van der Waals surface area contributed by atoms with Crippen molar-refractivity contribution in [2.24, 2.45) is 0 Å². The molecule has 0 spiro atoms. The molecule has 0 heterocycles. The van der Waals surface area contributed by atoms with Gasteiger partial charge in [0.1, 0.15) is 0 Å². The third kappa shape index (κ3) is 8.47. The summed E-state index contributed by atoms with van der Waals surface area (Å²) < 4.78 is 23.0. The van der Waals surface area contributed by atoms with Crippen molar-refractivity contribution >= 4 is 14.8 Å². The van der Waals surface area contributed by atoms with Crippen LogP contribution in [0.15, 0.2) is 12.7 Å². The first-order valence-electron chi connectivity index (χ1n) is 6.84. The maximum Gasteiger partial charge on any atom is 0.541 e. The fourth-order valence-electron chi connectivity index (χ4n) is 1.58. The molecule has 0 aliphatic heterocycles. The SMILES string of the molecule is C=CC(=O)OC[Si](OC(C)C)(OC(C)C)OC(C)(C)C. The molecule has 0 aromatic rings. The van der Waals surface area contributed by atoms with Crippen LogP contribution in [0.25, 0.3) is 0 Å². The minimum Gasteiger partial charge on any atom is -0.458 e. The fraction of sp³-hybridized carbons (Fsp3) is 0.786. The van der Waals surface area contributed by atoms with Crippen LogP contribution in [0.4, 0.5) is 0 Å². The highest BCUT2D eigenvalue weighted by molar-refractivity contribution is 6.61. The van der Waals surface area contributed by atoms with E-state index in [1.54, 1.807) is 0 Å². The van der Waals surface area contributed by atoms with Crippen molar-refractivity contribution in [3.05, 3.63) is 12.7 Å². The molecule has 0 atom stereocenters. The van der Waals surface area contributed by atoms with Crippen LogP contribution in [-0.4, -0.2) is 38.8 Å². The van der Waals surface area contributed by atoms with Crippen LogP contribution >= 0.6 is 0 Å². The lowest BCUT2D eigenvalue weighted by atomic mass is 10.2. The van der Waals surface area contributed by atoms with E-state index in [1.165, 1.54) is 0 Å². The summed E-state index contributed by atoms with van der Waals surface area (Å²) in [4.78, 5) is 11.3. The van der Waals surface area contributed by atoms with E-state index in [2.05, 4.69) is 6.58 Å². The predicted molar refractivity (Wildman–Crippen MR) is 80.2 cm³/mol. The average Bonchev–Trinajstić information content (AvgIpc) is 2.21. The molecule has 0 aromatic heterocycles. The zero-order valence-electron chi connectivity index (χ0n) is 13.7. The van der Waals surface area contributed by atoms with E-state index in [0.29, 0.717) is 0 Å². The molecule has 0 saturated carbocycles. The van der Waals surface area contributed by atoms with Crippen molar-refractivity contribution in [1.82, 2.24) is 0 Å². The molecule has 0 aliphatic carbocycles. The van der Waals surface area contributed by atoms with E-state index < -0.39 is 20.4 Å². The van der Waals surface area contributed by atoms with Crippen molar-refractivity contribution in [2.75, 3.05) is 6.23 Å². The second kappa shape index (κ2) is 7.92. The molecular weight excluding hydrogens is 276 g/mol. The summed E-state index contributed by atoms with van der Waals surface area (Å²) in [6.07, 6.45) is 0.905. The topological polar surface area (TPSA) is 54.0 Å². The lowest BCUT2D eigenvalue weighted by molar-refractivity contribution is -0.139. The normalized spacial score (nSPS) is 12.8. The lowest BCUT2D eigenvalue weighted by Gasteiger charge is -2.37. The molecule has 118 valence electrons. The van der Waals surface area contributed by atoms with Gasteiger partial charge >= 0.3 is 14.8 Å². The lowest BCUT2D eigenvalue weighted by Crippen LogP contribution is -2.57. The van der Waals surface area contributed by atoms with E-state index >= 15 is 0 Å². The first-order chi connectivity index (χ1) is 8.99. The van der Waals surface area contributed by atoms with E-state index in [-0.39, 0.29) is 18.4 Å². The Kier molecular flexibility index (Phi) is 7.65. The van der Waals surface area contributed by atoms with Gasteiger partial charge in [0.2, 0.25) is 0 Å². The molecule has 20 heavy (non-hydrogen) atoms. The van der Waals surface area contributed by atoms with E-state index in [9.17, 15) is 4.79 Å². The zero-order chi connectivity index (χ0) is 16.0. The average molecular weight is 304 g/mol. The van der Waals surface area contributed by atoms with Crippen LogP contribution in [0.1, 0.15) is 48.5 Å². The monoisotopic (exact) mass is 304 g/mol. The highest BCUT2D eigenvalue weighted by Gasteiger charge is 2.48. The third-order valence-electron chi connectivity index (χ3n) is 1.85. The van der Waals surface area contributed by atoms with E-state index in [1.807, 2.05) is 48.5 Å². The van der Waals surface area contributed by atoms with Crippen LogP contribution in [0, 0.1) is 0 Å². The van der Waals surface area contributed by atoms with Crippen LogP contribution in [0.2, 0.25) is 0 Å². The van der Waals surface area contributed by atoms with Gasteiger partial charge in [0.05, 0.1) is 5.60 Å². The maximum atomic E-state index is 11.3.